The van der Waals surface area contributed by atoms with Crippen molar-refractivity contribution < 1.29 is 0 Å². The monoisotopic (exact) mass is 196 g/mol. The summed E-state index contributed by atoms with van der Waals surface area (Å²) in [5.41, 5.74) is 0. The van der Waals surface area contributed by atoms with Crippen molar-refractivity contribution in [2.24, 2.45) is 5.92 Å². The van der Waals surface area contributed by atoms with E-state index in [4.69, 9.17) is 5.26 Å². The fraction of sp³-hybridized carbons (Fsp3) is 0.917. The standard InChI is InChI=1S/C11H23N.CHN/c1-3-4-5-6-8-12-9-7-11(2)10-12;1-2/h11H,3-10H2,1-2H3;1H. The summed E-state index contributed by atoms with van der Waals surface area (Å²) in [4.78, 5) is 2.63. The van der Waals surface area contributed by atoms with Gasteiger partial charge in [-0.3, -0.25) is 0 Å². The second-order valence-electron chi connectivity index (χ2n) is 4.26. The van der Waals surface area contributed by atoms with Crippen LogP contribution in [0.5, 0.6) is 0 Å². The highest BCUT2D eigenvalue weighted by Gasteiger charge is 2.17. The van der Waals surface area contributed by atoms with Crippen LogP contribution >= 0.6 is 0 Å². The minimum absolute atomic E-state index is 0.955. The van der Waals surface area contributed by atoms with Gasteiger partial charge in [-0.05, 0) is 31.8 Å². The Hall–Kier alpha value is -0.550. The van der Waals surface area contributed by atoms with Crippen molar-refractivity contribution in [3.8, 4) is 6.57 Å². The van der Waals surface area contributed by atoms with Crippen molar-refractivity contribution in [1.29, 1.82) is 5.26 Å². The van der Waals surface area contributed by atoms with Crippen molar-refractivity contribution >= 4 is 0 Å². The summed E-state index contributed by atoms with van der Waals surface area (Å²) in [6.07, 6.45) is 7.05. The van der Waals surface area contributed by atoms with Gasteiger partial charge in [-0.25, -0.2) is 5.26 Å². The Morgan fingerprint density at radius 3 is 2.50 bits per heavy atom. The van der Waals surface area contributed by atoms with Crippen molar-refractivity contribution in [1.82, 2.24) is 4.90 Å². The fourth-order valence-electron chi connectivity index (χ4n) is 1.99. The Bertz CT molecular complexity index is 143. The maximum Gasteiger partial charge on any atom is 0.0462 e. The second kappa shape index (κ2) is 9.02. The van der Waals surface area contributed by atoms with Gasteiger partial charge >= 0.3 is 0 Å². The summed E-state index contributed by atoms with van der Waals surface area (Å²) in [5.74, 6) is 0.955. The topological polar surface area (TPSA) is 27.0 Å². The first-order valence-corrected chi connectivity index (χ1v) is 5.81. The van der Waals surface area contributed by atoms with E-state index in [2.05, 4.69) is 25.3 Å². The zero-order chi connectivity index (χ0) is 10.8. The lowest BCUT2D eigenvalue weighted by Gasteiger charge is -2.14. The molecule has 0 N–H and O–H groups in total. The van der Waals surface area contributed by atoms with Gasteiger partial charge in [0.2, 0.25) is 0 Å². The van der Waals surface area contributed by atoms with Crippen molar-refractivity contribution in [3.05, 3.63) is 0 Å². The summed E-state index contributed by atoms with van der Waals surface area (Å²) < 4.78 is 0. The number of nitrogens with zero attached hydrogens (tertiary/aromatic N) is 2. The first-order valence-electron chi connectivity index (χ1n) is 5.81. The lowest BCUT2D eigenvalue weighted by molar-refractivity contribution is 0.318. The molecule has 0 spiro atoms. The Kier molecular flexibility index (Phi) is 8.67. The van der Waals surface area contributed by atoms with Crippen LogP contribution in [-0.4, -0.2) is 24.5 Å². The molecule has 1 atom stereocenters. The number of rotatable bonds is 5. The predicted octanol–water partition coefficient (Wildman–Crippen LogP) is 3.05. The Balaban J connectivity index is 0.000000791. The average Bonchev–Trinajstić information content (AvgIpc) is 2.62. The zero-order valence-corrected chi connectivity index (χ0v) is 9.71. The normalized spacial score (nSPS) is 21.6. The number of unbranched alkanes of at least 4 members (excludes halogenated alkanes) is 3. The first kappa shape index (κ1) is 13.4. The molecule has 0 bridgehead atoms. The highest BCUT2D eigenvalue weighted by atomic mass is 15.1. The molecule has 1 saturated heterocycles. The zero-order valence-electron chi connectivity index (χ0n) is 9.71. The van der Waals surface area contributed by atoms with Gasteiger partial charge in [-0.1, -0.05) is 33.1 Å². The van der Waals surface area contributed by atoms with Crippen LogP contribution in [0.15, 0.2) is 0 Å². The SMILES string of the molecule is C#N.CCCCCCN1CCC(C)C1. The average molecular weight is 196 g/mol. The molecule has 1 unspecified atom stereocenters. The minimum atomic E-state index is 0.955. The molecule has 0 radical (unpaired) electrons. The maximum absolute atomic E-state index is 6.50. The van der Waals surface area contributed by atoms with Gasteiger partial charge in [-0.15, -0.1) is 0 Å². The largest absolute Gasteiger partial charge is 0.303 e. The molecule has 2 heteroatoms. The molecule has 14 heavy (non-hydrogen) atoms. The van der Waals surface area contributed by atoms with Gasteiger partial charge in [0.1, 0.15) is 0 Å². The van der Waals surface area contributed by atoms with E-state index < -0.39 is 0 Å². The molecule has 0 saturated carbocycles. The van der Waals surface area contributed by atoms with Gasteiger partial charge in [0, 0.05) is 13.1 Å². The van der Waals surface area contributed by atoms with Crippen LogP contribution in [0.4, 0.5) is 0 Å². The highest BCUT2D eigenvalue weighted by Crippen LogP contribution is 2.15. The van der Waals surface area contributed by atoms with E-state index in [1.54, 1.807) is 0 Å². The second-order valence-corrected chi connectivity index (χ2v) is 4.26. The molecule has 0 aromatic heterocycles. The van der Waals surface area contributed by atoms with Crippen LogP contribution in [-0.2, 0) is 0 Å². The van der Waals surface area contributed by atoms with E-state index in [1.807, 2.05) is 0 Å². The number of nitriles is 1. The maximum atomic E-state index is 6.50. The van der Waals surface area contributed by atoms with E-state index >= 15 is 0 Å². The Morgan fingerprint density at radius 2 is 2.00 bits per heavy atom. The van der Waals surface area contributed by atoms with Crippen LogP contribution < -0.4 is 0 Å². The number of hydrogen-bond donors (Lipinski definition) is 0. The quantitative estimate of drug-likeness (QED) is 0.632. The minimum Gasteiger partial charge on any atom is -0.303 e. The predicted molar refractivity (Wildman–Crippen MR) is 61.0 cm³/mol. The lowest BCUT2D eigenvalue weighted by atomic mass is 10.2. The van der Waals surface area contributed by atoms with Gasteiger partial charge < -0.3 is 4.90 Å². The third-order valence-electron chi connectivity index (χ3n) is 2.84. The van der Waals surface area contributed by atoms with Crippen LogP contribution in [0, 0.1) is 17.8 Å². The summed E-state index contributed by atoms with van der Waals surface area (Å²) in [7, 11) is 0. The van der Waals surface area contributed by atoms with Gasteiger partial charge in [0.15, 0.2) is 0 Å². The van der Waals surface area contributed by atoms with E-state index in [1.165, 1.54) is 51.7 Å². The Morgan fingerprint density at radius 1 is 1.29 bits per heavy atom. The summed E-state index contributed by atoms with van der Waals surface area (Å²) in [6.45, 7) is 12.2. The Labute approximate surface area is 88.9 Å². The molecular formula is C12H24N2. The van der Waals surface area contributed by atoms with E-state index in [0.29, 0.717) is 0 Å². The summed E-state index contributed by atoms with van der Waals surface area (Å²) >= 11 is 0. The fourth-order valence-corrected chi connectivity index (χ4v) is 1.99. The first-order chi connectivity index (χ1) is 6.83. The molecule has 1 aliphatic rings. The molecule has 0 aliphatic carbocycles. The molecule has 1 heterocycles. The van der Waals surface area contributed by atoms with Gasteiger partial charge in [-0.2, -0.15) is 0 Å². The van der Waals surface area contributed by atoms with E-state index in [9.17, 15) is 0 Å². The third kappa shape index (κ3) is 5.99. The lowest BCUT2D eigenvalue weighted by Crippen LogP contribution is -2.21. The molecule has 2 nitrogen and oxygen atoms in total. The van der Waals surface area contributed by atoms with Crippen molar-refractivity contribution in [2.45, 2.75) is 46.0 Å². The molecule has 82 valence electrons. The number of hydrogen-bond acceptors (Lipinski definition) is 2. The molecule has 0 amide bonds. The van der Waals surface area contributed by atoms with Crippen LogP contribution in [0.3, 0.4) is 0 Å². The van der Waals surface area contributed by atoms with E-state index in [-0.39, 0.29) is 0 Å². The summed E-state index contributed by atoms with van der Waals surface area (Å²) in [6, 6.07) is 0. The van der Waals surface area contributed by atoms with Crippen molar-refractivity contribution in [2.75, 3.05) is 19.6 Å². The van der Waals surface area contributed by atoms with Crippen LogP contribution in [0.1, 0.15) is 46.0 Å². The highest BCUT2D eigenvalue weighted by molar-refractivity contribution is 4.71. The van der Waals surface area contributed by atoms with Gasteiger partial charge in [0.25, 0.3) is 0 Å². The summed E-state index contributed by atoms with van der Waals surface area (Å²) in [5, 5.41) is 6.50. The molecule has 1 fully saturated rings. The molecule has 1 aliphatic heterocycles. The van der Waals surface area contributed by atoms with Crippen LogP contribution in [0.25, 0.3) is 0 Å². The molecular weight excluding hydrogens is 172 g/mol. The third-order valence-corrected chi connectivity index (χ3v) is 2.84. The van der Waals surface area contributed by atoms with Crippen LogP contribution in [0.2, 0.25) is 0 Å². The molecule has 0 aromatic rings. The van der Waals surface area contributed by atoms with Crippen molar-refractivity contribution in [3.63, 3.8) is 0 Å². The molecule has 1 rings (SSSR count). The van der Waals surface area contributed by atoms with E-state index in [0.717, 1.165) is 5.92 Å². The molecule has 0 aromatic carbocycles. The smallest absolute Gasteiger partial charge is 0.0462 e. The number of likely N-dealkylation sites (tertiary alicyclic amines) is 1. The van der Waals surface area contributed by atoms with Gasteiger partial charge in [0.05, 0.1) is 0 Å².